The number of para-hydroxylation sites is 1. The van der Waals surface area contributed by atoms with Crippen LogP contribution in [0, 0.1) is 6.92 Å². The van der Waals surface area contributed by atoms with E-state index in [1.54, 1.807) is 43.3 Å². The van der Waals surface area contributed by atoms with E-state index in [1.807, 2.05) is 12.1 Å². The summed E-state index contributed by atoms with van der Waals surface area (Å²) in [4.78, 5) is 38.0. The van der Waals surface area contributed by atoms with Crippen molar-refractivity contribution in [1.29, 1.82) is 0 Å². The Balaban J connectivity index is 2.05. The van der Waals surface area contributed by atoms with Crippen LogP contribution in [0.2, 0.25) is 0 Å². The quantitative estimate of drug-likeness (QED) is 0.637. The van der Waals surface area contributed by atoms with Gasteiger partial charge < -0.3 is 0 Å². The number of hydrogen-bond acceptors (Lipinski definition) is 3. The number of nitrogens with zero attached hydrogens (tertiary/aromatic N) is 1. The highest BCUT2D eigenvalue weighted by molar-refractivity contribution is 9.10. The molecule has 0 radical (unpaired) electrons. The van der Waals surface area contributed by atoms with E-state index in [0.717, 1.165) is 14.9 Å². The van der Waals surface area contributed by atoms with Crippen molar-refractivity contribution < 1.29 is 14.4 Å². The summed E-state index contributed by atoms with van der Waals surface area (Å²) >= 11 is 3.35. The summed E-state index contributed by atoms with van der Waals surface area (Å²) in [5, 5.41) is 2.22. The molecule has 0 spiro atoms. The molecule has 1 heterocycles. The van der Waals surface area contributed by atoms with Gasteiger partial charge in [0.05, 0.1) is 5.69 Å². The van der Waals surface area contributed by atoms with Gasteiger partial charge in [-0.1, -0.05) is 46.3 Å². The van der Waals surface area contributed by atoms with Crippen LogP contribution in [0.15, 0.2) is 58.6 Å². The summed E-state index contributed by atoms with van der Waals surface area (Å²) in [7, 11) is 0. The van der Waals surface area contributed by atoms with Gasteiger partial charge in [0.1, 0.15) is 5.57 Å². The predicted molar refractivity (Wildman–Crippen MR) is 94.3 cm³/mol. The van der Waals surface area contributed by atoms with Crippen molar-refractivity contribution in [3.05, 3.63) is 69.7 Å². The second-order valence-electron chi connectivity index (χ2n) is 5.30. The second-order valence-corrected chi connectivity index (χ2v) is 6.22. The van der Waals surface area contributed by atoms with Gasteiger partial charge in [-0.05, 0) is 42.3 Å². The molecule has 1 aliphatic rings. The Bertz CT molecular complexity index is 889. The zero-order valence-electron chi connectivity index (χ0n) is 12.7. The molecule has 1 fully saturated rings. The molecule has 2 aromatic rings. The number of halogens is 1. The Morgan fingerprint density at radius 1 is 1.04 bits per heavy atom. The topological polar surface area (TPSA) is 66.5 Å². The number of anilines is 1. The first-order valence-corrected chi connectivity index (χ1v) is 7.99. The number of imide groups is 2. The highest BCUT2D eigenvalue weighted by Gasteiger charge is 2.37. The standard InChI is InChI=1S/C18H13BrN2O3/c1-11-5-2-3-8-15(11)21-17(23)14(16(22)20-18(21)24)10-12-6-4-7-13(19)9-12/h2-10H,1H3,(H,20,22,24)/b14-10+. The number of aryl methyl sites for hydroxylation is 1. The third kappa shape index (κ3) is 3.00. The SMILES string of the molecule is Cc1ccccc1N1C(=O)NC(=O)/C(=C\c2cccc(Br)c2)C1=O. The third-order valence-electron chi connectivity index (χ3n) is 3.62. The summed E-state index contributed by atoms with van der Waals surface area (Å²) in [5.74, 6) is -1.34. The normalized spacial score (nSPS) is 16.5. The summed E-state index contributed by atoms with van der Waals surface area (Å²) < 4.78 is 0.826. The van der Waals surface area contributed by atoms with E-state index in [0.29, 0.717) is 11.3 Å². The fourth-order valence-corrected chi connectivity index (χ4v) is 2.87. The molecule has 0 unspecified atom stereocenters. The van der Waals surface area contributed by atoms with Gasteiger partial charge in [0.2, 0.25) is 0 Å². The van der Waals surface area contributed by atoms with E-state index in [-0.39, 0.29) is 5.57 Å². The number of benzene rings is 2. The average Bonchev–Trinajstić information content (AvgIpc) is 2.53. The number of rotatable bonds is 2. The number of carbonyl (C=O) groups excluding carboxylic acids is 3. The summed E-state index contributed by atoms with van der Waals surface area (Å²) in [6, 6.07) is 13.5. The van der Waals surface area contributed by atoms with Crippen LogP contribution in [-0.2, 0) is 9.59 Å². The molecule has 0 aromatic heterocycles. The Morgan fingerprint density at radius 3 is 2.50 bits per heavy atom. The minimum absolute atomic E-state index is 0.0871. The summed E-state index contributed by atoms with van der Waals surface area (Å²) in [6.07, 6.45) is 1.47. The molecule has 3 rings (SSSR count). The minimum atomic E-state index is -0.745. The highest BCUT2D eigenvalue weighted by atomic mass is 79.9. The maximum atomic E-state index is 12.8. The average molecular weight is 385 g/mol. The lowest BCUT2D eigenvalue weighted by Gasteiger charge is -2.27. The Kier molecular flexibility index (Phi) is 4.31. The monoisotopic (exact) mass is 384 g/mol. The number of urea groups is 1. The van der Waals surface area contributed by atoms with E-state index in [1.165, 1.54) is 6.08 Å². The van der Waals surface area contributed by atoms with E-state index < -0.39 is 17.8 Å². The number of amides is 4. The predicted octanol–water partition coefficient (Wildman–Crippen LogP) is 3.42. The highest BCUT2D eigenvalue weighted by Crippen LogP contribution is 2.25. The first-order valence-electron chi connectivity index (χ1n) is 7.20. The first-order chi connectivity index (χ1) is 11.5. The van der Waals surface area contributed by atoms with Gasteiger partial charge in [0, 0.05) is 4.47 Å². The van der Waals surface area contributed by atoms with Gasteiger partial charge in [-0.2, -0.15) is 0 Å². The molecule has 120 valence electrons. The van der Waals surface area contributed by atoms with Gasteiger partial charge in [-0.3, -0.25) is 14.9 Å². The Hall–Kier alpha value is -2.73. The summed E-state index contributed by atoms with van der Waals surface area (Å²) in [6.45, 7) is 1.80. The molecule has 1 aliphatic heterocycles. The maximum absolute atomic E-state index is 12.8. The molecule has 0 aliphatic carbocycles. The second kappa shape index (κ2) is 6.41. The van der Waals surface area contributed by atoms with Crippen LogP contribution in [0.5, 0.6) is 0 Å². The largest absolute Gasteiger partial charge is 0.335 e. The molecule has 2 aromatic carbocycles. The molecule has 0 atom stereocenters. The molecule has 1 N–H and O–H groups in total. The van der Waals surface area contributed by atoms with E-state index in [4.69, 9.17) is 0 Å². The molecule has 0 saturated carbocycles. The molecule has 4 amide bonds. The van der Waals surface area contributed by atoms with E-state index in [2.05, 4.69) is 21.2 Å². The zero-order valence-corrected chi connectivity index (χ0v) is 14.3. The lowest BCUT2D eigenvalue weighted by Crippen LogP contribution is -2.54. The lowest BCUT2D eigenvalue weighted by molar-refractivity contribution is -0.122. The summed E-state index contributed by atoms with van der Waals surface area (Å²) in [5.41, 5.74) is 1.81. The van der Waals surface area contributed by atoms with Gasteiger partial charge >= 0.3 is 6.03 Å². The van der Waals surface area contributed by atoms with Crippen molar-refractivity contribution in [3.8, 4) is 0 Å². The van der Waals surface area contributed by atoms with Crippen LogP contribution in [-0.4, -0.2) is 17.8 Å². The van der Waals surface area contributed by atoms with Crippen LogP contribution in [0.25, 0.3) is 6.08 Å². The van der Waals surface area contributed by atoms with Crippen molar-refractivity contribution in [2.75, 3.05) is 4.90 Å². The molecular weight excluding hydrogens is 372 g/mol. The fraction of sp³-hybridized carbons (Fsp3) is 0.0556. The number of carbonyl (C=O) groups is 3. The first kappa shape index (κ1) is 16.1. The van der Waals surface area contributed by atoms with Gasteiger partial charge in [0.25, 0.3) is 11.8 Å². The minimum Gasteiger partial charge on any atom is -0.273 e. The molecule has 1 saturated heterocycles. The number of nitrogens with one attached hydrogen (secondary N) is 1. The molecular formula is C18H13BrN2O3. The van der Waals surface area contributed by atoms with Gasteiger partial charge in [-0.25, -0.2) is 9.69 Å². The molecule has 24 heavy (non-hydrogen) atoms. The number of barbiturate groups is 1. The van der Waals surface area contributed by atoms with Crippen LogP contribution in [0.3, 0.4) is 0 Å². The smallest absolute Gasteiger partial charge is 0.273 e. The van der Waals surface area contributed by atoms with Gasteiger partial charge in [-0.15, -0.1) is 0 Å². The zero-order chi connectivity index (χ0) is 17.3. The molecule has 0 bridgehead atoms. The van der Waals surface area contributed by atoms with Crippen molar-refractivity contribution in [3.63, 3.8) is 0 Å². The molecule has 5 nitrogen and oxygen atoms in total. The van der Waals surface area contributed by atoms with Crippen LogP contribution >= 0.6 is 15.9 Å². The Labute approximate surface area is 147 Å². The van der Waals surface area contributed by atoms with E-state index in [9.17, 15) is 14.4 Å². The van der Waals surface area contributed by atoms with E-state index >= 15 is 0 Å². The number of hydrogen-bond donors (Lipinski definition) is 1. The maximum Gasteiger partial charge on any atom is 0.335 e. The van der Waals surface area contributed by atoms with Crippen molar-refractivity contribution >= 4 is 45.5 Å². The van der Waals surface area contributed by atoms with Crippen molar-refractivity contribution in [1.82, 2.24) is 5.32 Å². The van der Waals surface area contributed by atoms with Gasteiger partial charge in [0.15, 0.2) is 0 Å². The third-order valence-corrected chi connectivity index (χ3v) is 4.11. The molecule has 6 heteroatoms. The Morgan fingerprint density at radius 2 is 1.79 bits per heavy atom. The van der Waals surface area contributed by atoms with Crippen molar-refractivity contribution in [2.24, 2.45) is 0 Å². The van der Waals surface area contributed by atoms with Crippen molar-refractivity contribution in [2.45, 2.75) is 6.92 Å². The van der Waals surface area contributed by atoms with Crippen LogP contribution < -0.4 is 10.2 Å². The lowest BCUT2D eigenvalue weighted by atomic mass is 10.1. The fourth-order valence-electron chi connectivity index (χ4n) is 2.45. The van der Waals surface area contributed by atoms with Crippen LogP contribution in [0.1, 0.15) is 11.1 Å². The van der Waals surface area contributed by atoms with Crippen LogP contribution in [0.4, 0.5) is 10.5 Å².